The lowest BCUT2D eigenvalue weighted by atomic mass is 10.1. The van der Waals surface area contributed by atoms with Gasteiger partial charge in [0.1, 0.15) is 11.6 Å². The Labute approximate surface area is 125 Å². The lowest BCUT2D eigenvalue weighted by molar-refractivity contribution is 0.628. The van der Waals surface area contributed by atoms with E-state index in [-0.39, 0.29) is 0 Å². The molecule has 0 saturated heterocycles. The van der Waals surface area contributed by atoms with Gasteiger partial charge in [0.15, 0.2) is 0 Å². The number of hydrogen-bond acceptors (Lipinski definition) is 3. The molecule has 0 spiro atoms. The summed E-state index contributed by atoms with van der Waals surface area (Å²) in [5.41, 5.74) is 1.59. The van der Waals surface area contributed by atoms with Crippen LogP contribution in [0.25, 0.3) is 10.9 Å². The second kappa shape index (κ2) is 5.39. The van der Waals surface area contributed by atoms with Crippen molar-refractivity contribution in [2.24, 2.45) is 0 Å². The molecule has 0 amide bonds. The van der Waals surface area contributed by atoms with Crippen LogP contribution in [0.2, 0.25) is 5.02 Å². The van der Waals surface area contributed by atoms with E-state index in [1.165, 1.54) is 18.2 Å². The van der Waals surface area contributed by atoms with Gasteiger partial charge >= 0.3 is 0 Å². The SMILES string of the molecule is N#Cc1cc(Nc2cc(F)ccc2Cl)nc2ccccc12. The van der Waals surface area contributed by atoms with Crippen LogP contribution >= 0.6 is 11.6 Å². The number of hydrogen-bond donors (Lipinski definition) is 1. The molecule has 1 heterocycles. The number of para-hydroxylation sites is 1. The lowest BCUT2D eigenvalue weighted by Crippen LogP contribution is -1.97. The van der Waals surface area contributed by atoms with Crippen molar-refractivity contribution in [2.75, 3.05) is 5.32 Å². The average molecular weight is 298 g/mol. The Morgan fingerprint density at radius 2 is 1.95 bits per heavy atom. The molecule has 0 bridgehead atoms. The summed E-state index contributed by atoms with van der Waals surface area (Å²) in [4.78, 5) is 4.41. The molecule has 0 unspecified atom stereocenters. The number of anilines is 2. The highest BCUT2D eigenvalue weighted by Crippen LogP contribution is 2.27. The lowest BCUT2D eigenvalue weighted by Gasteiger charge is -2.09. The van der Waals surface area contributed by atoms with Gasteiger partial charge in [0, 0.05) is 5.39 Å². The zero-order valence-electron chi connectivity index (χ0n) is 10.8. The van der Waals surface area contributed by atoms with E-state index in [4.69, 9.17) is 11.6 Å². The molecule has 1 N–H and O–H groups in total. The third-order valence-corrected chi connectivity index (χ3v) is 3.36. The molecule has 0 aliphatic rings. The van der Waals surface area contributed by atoms with Gasteiger partial charge in [-0.2, -0.15) is 5.26 Å². The van der Waals surface area contributed by atoms with Crippen molar-refractivity contribution in [1.82, 2.24) is 4.98 Å². The smallest absolute Gasteiger partial charge is 0.132 e. The fraction of sp³-hybridized carbons (Fsp3) is 0. The molecular weight excluding hydrogens is 289 g/mol. The third kappa shape index (κ3) is 2.64. The van der Waals surface area contributed by atoms with Crippen molar-refractivity contribution in [3.8, 4) is 6.07 Å². The van der Waals surface area contributed by atoms with Crippen LogP contribution in [0.15, 0.2) is 48.5 Å². The number of fused-ring (bicyclic) bond motifs is 1. The quantitative estimate of drug-likeness (QED) is 0.749. The number of aromatic nitrogens is 1. The van der Waals surface area contributed by atoms with Gasteiger partial charge in [0.2, 0.25) is 0 Å². The van der Waals surface area contributed by atoms with E-state index in [0.29, 0.717) is 27.6 Å². The van der Waals surface area contributed by atoms with Crippen molar-refractivity contribution in [2.45, 2.75) is 0 Å². The second-order valence-electron chi connectivity index (χ2n) is 4.43. The summed E-state index contributed by atoms with van der Waals surface area (Å²) in [7, 11) is 0. The number of pyridine rings is 1. The molecular formula is C16H9ClFN3. The monoisotopic (exact) mass is 297 g/mol. The Bertz CT molecular complexity index is 871. The van der Waals surface area contributed by atoms with Crippen molar-refractivity contribution in [1.29, 1.82) is 5.26 Å². The molecule has 2 aromatic carbocycles. The summed E-state index contributed by atoms with van der Waals surface area (Å²) in [6.45, 7) is 0. The summed E-state index contributed by atoms with van der Waals surface area (Å²) < 4.78 is 13.3. The molecule has 102 valence electrons. The van der Waals surface area contributed by atoms with Crippen LogP contribution in [0.4, 0.5) is 15.9 Å². The summed E-state index contributed by atoms with van der Waals surface area (Å²) in [6, 6.07) is 15.1. The maximum absolute atomic E-state index is 13.3. The van der Waals surface area contributed by atoms with Crippen molar-refractivity contribution in [3.63, 3.8) is 0 Å². The van der Waals surface area contributed by atoms with Crippen LogP contribution < -0.4 is 5.32 Å². The summed E-state index contributed by atoms with van der Waals surface area (Å²) in [6.07, 6.45) is 0. The van der Waals surface area contributed by atoms with Gasteiger partial charge in [0.05, 0.1) is 27.9 Å². The molecule has 0 saturated carbocycles. The number of halogens is 2. The van der Waals surface area contributed by atoms with E-state index in [2.05, 4.69) is 16.4 Å². The Kier molecular flexibility index (Phi) is 3.43. The first-order valence-corrected chi connectivity index (χ1v) is 6.57. The summed E-state index contributed by atoms with van der Waals surface area (Å²) in [5.74, 6) is 0.0425. The maximum atomic E-state index is 13.3. The van der Waals surface area contributed by atoms with Gasteiger partial charge in [0.25, 0.3) is 0 Å². The first-order chi connectivity index (χ1) is 10.2. The largest absolute Gasteiger partial charge is 0.339 e. The van der Waals surface area contributed by atoms with Gasteiger partial charge < -0.3 is 5.32 Å². The molecule has 3 aromatic rings. The number of nitrogens with one attached hydrogen (secondary N) is 1. The minimum atomic E-state index is -0.400. The number of nitriles is 1. The second-order valence-corrected chi connectivity index (χ2v) is 4.84. The Hall–Kier alpha value is -2.64. The van der Waals surface area contributed by atoms with Crippen LogP contribution in [0.5, 0.6) is 0 Å². The predicted molar refractivity (Wildman–Crippen MR) is 81.2 cm³/mol. The standard InChI is InChI=1S/C16H9ClFN3/c17-13-6-5-11(18)8-15(13)21-16-7-10(9-19)12-3-1-2-4-14(12)20-16/h1-8H,(H,20,21). The maximum Gasteiger partial charge on any atom is 0.132 e. The molecule has 1 aromatic heterocycles. The number of nitrogens with zero attached hydrogens (tertiary/aromatic N) is 2. The third-order valence-electron chi connectivity index (χ3n) is 3.03. The van der Waals surface area contributed by atoms with Gasteiger partial charge in [-0.1, -0.05) is 29.8 Å². The molecule has 0 atom stereocenters. The summed E-state index contributed by atoms with van der Waals surface area (Å²) in [5, 5.41) is 13.3. The molecule has 0 aliphatic carbocycles. The van der Waals surface area contributed by atoms with E-state index < -0.39 is 5.82 Å². The molecule has 3 nitrogen and oxygen atoms in total. The molecule has 0 radical (unpaired) electrons. The highest BCUT2D eigenvalue weighted by Gasteiger charge is 2.07. The minimum absolute atomic E-state index is 0.380. The van der Waals surface area contributed by atoms with Crippen LogP contribution in [0.3, 0.4) is 0 Å². The Balaban J connectivity index is 2.09. The molecule has 21 heavy (non-hydrogen) atoms. The molecule has 5 heteroatoms. The average Bonchev–Trinajstić information content (AvgIpc) is 2.50. The Morgan fingerprint density at radius 1 is 1.14 bits per heavy atom. The van der Waals surface area contributed by atoms with Gasteiger partial charge in [-0.15, -0.1) is 0 Å². The topological polar surface area (TPSA) is 48.7 Å². The molecule has 3 rings (SSSR count). The van der Waals surface area contributed by atoms with Gasteiger partial charge in [-0.3, -0.25) is 0 Å². The first-order valence-electron chi connectivity index (χ1n) is 6.19. The number of rotatable bonds is 2. The van der Waals surface area contributed by atoms with Crippen LogP contribution in [0, 0.1) is 17.1 Å². The first kappa shape index (κ1) is 13.3. The molecule has 0 aliphatic heterocycles. The highest BCUT2D eigenvalue weighted by molar-refractivity contribution is 6.33. The van der Waals surface area contributed by atoms with E-state index in [1.54, 1.807) is 6.07 Å². The highest BCUT2D eigenvalue weighted by atomic mass is 35.5. The normalized spacial score (nSPS) is 10.3. The van der Waals surface area contributed by atoms with Crippen molar-refractivity contribution in [3.05, 3.63) is 64.9 Å². The number of benzene rings is 2. The summed E-state index contributed by atoms with van der Waals surface area (Å²) >= 11 is 6.02. The predicted octanol–water partition coefficient (Wildman–Crippen LogP) is 4.64. The van der Waals surface area contributed by atoms with E-state index in [0.717, 1.165) is 5.39 Å². The van der Waals surface area contributed by atoms with Gasteiger partial charge in [-0.05, 0) is 30.3 Å². The van der Waals surface area contributed by atoms with Crippen LogP contribution in [0.1, 0.15) is 5.56 Å². The van der Waals surface area contributed by atoms with E-state index in [1.807, 2.05) is 24.3 Å². The zero-order valence-corrected chi connectivity index (χ0v) is 11.5. The fourth-order valence-electron chi connectivity index (χ4n) is 2.06. The van der Waals surface area contributed by atoms with Crippen LogP contribution in [-0.2, 0) is 0 Å². The van der Waals surface area contributed by atoms with E-state index in [9.17, 15) is 9.65 Å². The zero-order chi connectivity index (χ0) is 14.8. The Morgan fingerprint density at radius 3 is 2.76 bits per heavy atom. The fourth-order valence-corrected chi connectivity index (χ4v) is 2.23. The molecule has 0 fully saturated rings. The minimum Gasteiger partial charge on any atom is -0.339 e. The van der Waals surface area contributed by atoms with Gasteiger partial charge in [-0.25, -0.2) is 9.37 Å². The van der Waals surface area contributed by atoms with Crippen molar-refractivity contribution < 1.29 is 4.39 Å². The van der Waals surface area contributed by atoms with E-state index >= 15 is 0 Å². The van der Waals surface area contributed by atoms with Crippen LogP contribution in [-0.4, -0.2) is 4.98 Å². The van der Waals surface area contributed by atoms with Crippen molar-refractivity contribution >= 4 is 34.0 Å².